The Hall–Kier alpha value is -1.44. The van der Waals surface area contributed by atoms with E-state index in [9.17, 15) is 13.2 Å². The number of hydrogen-bond donors (Lipinski definition) is 1. The van der Waals surface area contributed by atoms with E-state index in [1.165, 1.54) is 0 Å². The molecule has 7 heteroatoms. The van der Waals surface area contributed by atoms with Gasteiger partial charge in [-0.25, -0.2) is 8.42 Å². The fourth-order valence-corrected chi connectivity index (χ4v) is 7.44. The highest BCUT2D eigenvalue weighted by atomic mass is 32.2. The molecule has 0 radical (unpaired) electrons. The molecule has 166 valence electrons. The second kappa shape index (κ2) is 7.92. The smallest absolute Gasteiger partial charge is 0.243 e. The lowest BCUT2D eigenvalue weighted by molar-refractivity contribution is -0.133. The number of fused-ring (bicyclic) bond motifs is 1. The maximum Gasteiger partial charge on any atom is 0.243 e. The molecule has 0 aliphatic carbocycles. The minimum atomic E-state index is -3.50. The summed E-state index contributed by atoms with van der Waals surface area (Å²) in [6.07, 6.45) is 3.26. The summed E-state index contributed by atoms with van der Waals surface area (Å²) >= 11 is 0. The molecule has 3 aliphatic rings. The van der Waals surface area contributed by atoms with Crippen LogP contribution in [-0.4, -0.2) is 62.8 Å². The van der Waals surface area contributed by atoms with Crippen molar-refractivity contribution in [1.29, 1.82) is 0 Å². The lowest BCUT2D eigenvalue weighted by Gasteiger charge is -2.46. The molecule has 3 fully saturated rings. The van der Waals surface area contributed by atoms with Crippen molar-refractivity contribution >= 4 is 15.9 Å². The van der Waals surface area contributed by atoms with Gasteiger partial charge in [0.05, 0.1) is 10.3 Å². The van der Waals surface area contributed by atoms with Gasteiger partial charge >= 0.3 is 0 Å². The fourth-order valence-electron chi connectivity index (χ4n) is 6.00. The van der Waals surface area contributed by atoms with Gasteiger partial charge in [0, 0.05) is 44.7 Å². The van der Waals surface area contributed by atoms with Crippen molar-refractivity contribution in [2.45, 2.75) is 51.3 Å². The van der Waals surface area contributed by atoms with Crippen molar-refractivity contribution in [2.24, 2.45) is 16.7 Å². The molecule has 0 saturated carbocycles. The van der Waals surface area contributed by atoms with Gasteiger partial charge in [-0.15, -0.1) is 0 Å². The summed E-state index contributed by atoms with van der Waals surface area (Å²) in [5, 5.41) is 3.08. The van der Waals surface area contributed by atoms with Crippen molar-refractivity contribution in [3.05, 3.63) is 29.8 Å². The third-order valence-corrected chi connectivity index (χ3v) is 9.49. The largest absolute Gasteiger partial charge is 0.356 e. The summed E-state index contributed by atoms with van der Waals surface area (Å²) in [6, 6.07) is 7.25. The average Bonchev–Trinajstić information content (AvgIpc) is 3.22. The number of nitrogens with zero attached hydrogens (tertiary/aromatic N) is 2. The van der Waals surface area contributed by atoms with Crippen LogP contribution in [0.3, 0.4) is 0 Å². The molecule has 3 saturated heterocycles. The number of hydrogen-bond acceptors (Lipinski definition) is 4. The first-order chi connectivity index (χ1) is 14.2. The third kappa shape index (κ3) is 3.49. The number of benzene rings is 1. The first kappa shape index (κ1) is 21.8. The SMILES string of the molecule is CCc1ccc(S(=O)(=O)N2CCC3(CC2)CN(CC(C)C)CC32CCNC2=O)cc1. The van der Waals surface area contributed by atoms with Gasteiger partial charge in [-0.1, -0.05) is 32.9 Å². The first-order valence-corrected chi connectivity index (χ1v) is 12.8. The Bertz CT molecular complexity index is 889. The molecule has 1 amide bonds. The van der Waals surface area contributed by atoms with Crippen LogP contribution >= 0.6 is 0 Å². The zero-order valence-electron chi connectivity index (χ0n) is 18.5. The minimum Gasteiger partial charge on any atom is -0.356 e. The zero-order chi connectivity index (χ0) is 21.6. The molecule has 1 N–H and O–H groups in total. The van der Waals surface area contributed by atoms with E-state index in [0.717, 1.165) is 57.4 Å². The fraction of sp³-hybridized carbons (Fsp3) is 0.696. The summed E-state index contributed by atoms with van der Waals surface area (Å²) in [5.41, 5.74) is 0.651. The molecular weight excluding hydrogens is 398 g/mol. The van der Waals surface area contributed by atoms with E-state index in [0.29, 0.717) is 23.9 Å². The highest BCUT2D eigenvalue weighted by Crippen LogP contribution is 2.56. The predicted molar refractivity (Wildman–Crippen MR) is 118 cm³/mol. The number of rotatable bonds is 5. The van der Waals surface area contributed by atoms with Gasteiger partial charge in [-0.05, 0) is 49.3 Å². The molecule has 3 aliphatic heterocycles. The lowest BCUT2D eigenvalue weighted by atomic mass is 9.60. The number of sulfonamides is 1. The van der Waals surface area contributed by atoms with E-state index in [1.807, 2.05) is 12.1 Å². The van der Waals surface area contributed by atoms with E-state index in [2.05, 4.69) is 31.0 Å². The standard InChI is InChI=1S/C23H35N3O3S/c1-4-19-5-7-20(8-6-19)30(28,29)26-13-10-22(11-14-26)16-25(15-18(2)3)17-23(22)9-12-24-21(23)27/h5-8,18H,4,9-17H2,1-3H3,(H,24,27). The maximum atomic E-state index is 13.2. The number of aryl methyl sites for hydroxylation is 1. The summed E-state index contributed by atoms with van der Waals surface area (Å²) < 4.78 is 28.1. The van der Waals surface area contributed by atoms with E-state index >= 15 is 0 Å². The molecular formula is C23H35N3O3S. The van der Waals surface area contributed by atoms with Crippen LogP contribution < -0.4 is 5.32 Å². The Morgan fingerprint density at radius 3 is 2.27 bits per heavy atom. The summed E-state index contributed by atoms with van der Waals surface area (Å²) in [7, 11) is -3.50. The van der Waals surface area contributed by atoms with Crippen LogP contribution in [-0.2, 0) is 21.2 Å². The number of likely N-dealkylation sites (tertiary alicyclic amines) is 1. The molecule has 1 atom stereocenters. The summed E-state index contributed by atoms with van der Waals surface area (Å²) in [4.78, 5) is 15.8. The molecule has 1 aromatic rings. The van der Waals surface area contributed by atoms with Crippen LogP contribution in [0, 0.1) is 16.7 Å². The predicted octanol–water partition coefficient (Wildman–Crippen LogP) is 2.50. The molecule has 0 aromatic heterocycles. The van der Waals surface area contributed by atoms with E-state index in [1.54, 1.807) is 16.4 Å². The number of carbonyl (C=O) groups excluding carboxylic acids is 1. The van der Waals surface area contributed by atoms with Crippen molar-refractivity contribution in [3.63, 3.8) is 0 Å². The third-order valence-electron chi connectivity index (χ3n) is 7.58. The Balaban J connectivity index is 1.55. The van der Waals surface area contributed by atoms with Crippen molar-refractivity contribution < 1.29 is 13.2 Å². The van der Waals surface area contributed by atoms with Gasteiger partial charge in [0.15, 0.2) is 0 Å². The van der Waals surface area contributed by atoms with Crippen molar-refractivity contribution in [3.8, 4) is 0 Å². The van der Waals surface area contributed by atoms with E-state index < -0.39 is 10.0 Å². The number of piperidine rings is 1. The number of carbonyl (C=O) groups is 1. The van der Waals surface area contributed by atoms with Gasteiger partial charge in [0.25, 0.3) is 0 Å². The number of nitrogens with one attached hydrogen (secondary N) is 1. The Kier molecular flexibility index (Phi) is 5.75. The average molecular weight is 434 g/mol. The van der Waals surface area contributed by atoms with Gasteiger partial charge in [-0.3, -0.25) is 4.79 Å². The highest BCUT2D eigenvalue weighted by Gasteiger charge is 2.63. The van der Waals surface area contributed by atoms with Crippen molar-refractivity contribution in [2.75, 3.05) is 39.3 Å². The minimum absolute atomic E-state index is 0.124. The van der Waals surface area contributed by atoms with Gasteiger partial charge in [0.1, 0.15) is 0 Å². The van der Waals surface area contributed by atoms with Crippen LogP contribution in [0.15, 0.2) is 29.2 Å². The van der Waals surface area contributed by atoms with E-state index in [-0.39, 0.29) is 16.7 Å². The molecule has 0 bridgehead atoms. The molecule has 6 nitrogen and oxygen atoms in total. The topological polar surface area (TPSA) is 69.7 Å². The summed E-state index contributed by atoms with van der Waals surface area (Å²) in [5.74, 6) is 0.730. The highest BCUT2D eigenvalue weighted by molar-refractivity contribution is 7.89. The summed E-state index contributed by atoms with van der Waals surface area (Å²) in [6.45, 7) is 10.9. The quantitative estimate of drug-likeness (QED) is 0.775. The second-order valence-corrected chi connectivity index (χ2v) is 11.8. The Morgan fingerprint density at radius 1 is 1.07 bits per heavy atom. The second-order valence-electron chi connectivity index (χ2n) is 9.83. The molecule has 3 heterocycles. The van der Waals surface area contributed by atoms with E-state index in [4.69, 9.17) is 0 Å². The molecule has 1 unspecified atom stereocenters. The maximum absolute atomic E-state index is 13.2. The van der Waals surface area contributed by atoms with Gasteiger partial charge in [0.2, 0.25) is 15.9 Å². The van der Waals surface area contributed by atoms with Crippen LogP contribution in [0.1, 0.15) is 45.6 Å². The zero-order valence-corrected chi connectivity index (χ0v) is 19.3. The van der Waals surface area contributed by atoms with Crippen molar-refractivity contribution in [1.82, 2.24) is 14.5 Å². The van der Waals surface area contributed by atoms with Crippen LogP contribution in [0.2, 0.25) is 0 Å². The normalized spacial score (nSPS) is 27.4. The van der Waals surface area contributed by atoms with Crippen LogP contribution in [0.4, 0.5) is 0 Å². The van der Waals surface area contributed by atoms with Gasteiger partial charge in [-0.2, -0.15) is 4.31 Å². The Labute approximate surface area is 181 Å². The Morgan fingerprint density at radius 2 is 1.73 bits per heavy atom. The monoisotopic (exact) mass is 433 g/mol. The first-order valence-electron chi connectivity index (χ1n) is 11.3. The molecule has 2 spiro atoms. The van der Waals surface area contributed by atoms with Gasteiger partial charge < -0.3 is 10.2 Å². The van der Waals surface area contributed by atoms with Crippen LogP contribution in [0.5, 0.6) is 0 Å². The molecule has 1 aromatic carbocycles. The number of amides is 1. The lowest BCUT2D eigenvalue weighted by Crippen LogP contribution is -2.53. The molecule has 30 heavy (non-hydrogen) atoms. The molecule has 4 rings (SSSR count). The van der Waals surface area contributed by atoms with Crippen LogP contribution in [0.25, 0.3) is 0 Å².